The Morgan fingerprint density at radius 1 is 0.619 bits per heavy atom. The fourth-order valence-electron chi connectivity index (χ4n) is 7.04. The molecular formula is C57H104Cl2N8O17. The molecule has 5 aliphatic heterocycles. The monoisotopic (exact) mass is 1240 g/mol. The average molecular weight is 1240 g/mol. The average Bonchev–Trinajstić information content (AvgIpc) is 4.13. The zero-order valence-electron chi connectivity index (χ0n) is 53.1. The van der Waals surface area contributed by atoms with Crippen LogP contribution in [0, 0.1) is 0 Å². The molecule has 5 heterocycles. The van der Waals surface area contributed by atoms with Gasteiger partial charge in [-0.1, -0.05) is 18.3 Å². The standard InChI is InChI=1S/C15H26N2O4.C11H19NO3.C10H18N2O4.C10H20N2O3.C7H15NO3.C4H6Cl2/c1-15(2,3)21-14(19)16-8-9-20-11-12(10-16)17-7-5-4-6-13(17)18;1-9-7-12(5-6-14-8-9)10(13)15-11(2,3)4;1-10(2,3)16-9(13)12-4-5-15-7-8(6-12)11-14;1-10(2,3)15-9(13)12-4-5-14-7-8(11)6-12;1-7(2,3)11-6(10)8-4-5-9;1-4(2-5)3-6/h12H,4-11H2,1-3H3;1,5-8H2,2-4H3;14H,4-7H2,1-3H3;8H,4-7,11H2,1-3H3;9H,4-5H2,1-3H3,(H,8,10);1-3H2/b;;11-8-;;;. The fourth-order valence-corrected chi connectivity index (χ4v) is 7.33. The van der Waals surface area contributed by atoms with E-state index >= 15 is 0 Å². The lowest BCUT2D eigenvalue weighted by Gasteiger charge is -2.36. The molecule has 5 saturated heterocycles. The van der Waals surface area contributed by atoms with E-state index in [2.05, 4.69) is 23.6 Å². The first kappa shape index (κ1) is 79.1. The van der Waals surface area contributed by atoms with E-state index in [4.69, 9.17) is 81.9 Å². The van der Waals surface area contributed by atoms with Gasteiger partial charge in [-0.3, -0.25) is 4.79 Å². The van der Waals surface area contributed by atoms with Gasteiger partial charge in [0.05, 0.1) is 72.0 Å². The van der Waals surface area contributed by atoms with Crippen LogP contribution in [0.2, 0.25) is 0 Å². The van der Waals surface area contributed by atoms with Gasteiger partial charge in [0, 0.05) is 83.1 Å². The number of nitrogens with zero attached hydrogens (tertiary/aromatic N) is 6. The van der Waals surface area contributed by atoms with Gasteiger partial charge in [0.2, 0.25) is 5.91 Å². The van der Waals surface area contributed by atoms with Crippen molar-refractivity contribution in [1.82, 2.24) is 29.8 Å². The van der Waals surface area contributed by atoms with Crippen LogP contribution in [0.1, 0.15) is 123 Å². The molecule has 488 valence electrons. The fraction of sp³-hybridized carbons (Fsp3) is 0.807. The maximum absolute atomic E-state index is 12.2. The Balaban J connectivity index is 0.00000101. The summed E-state index contributed by atoms with van der Waals surface area (Å²) in [6, 6.07) is -0.187. The van der Waals surface area contributed by atoms with E-state index in [1.54, 1.807) is 56.2 Å². The van der Waals surface area contributed by atoms with Crippen molar-refractivity contribution in [3.05, 3.63) is 24.3 Å². The molecule has 5 aliphatic rings. The summed E-state index contributed by atoms with van der Waals surface area (Å²) in [6.07, 6.45) is 0.724. The Morgan fingerprint density at radius 2 is 1.04 bits per heavy atom. The Bertz CT molecular complexity index is 2030. The number of rotatable bonds is 5. The maximum Gasteiger partial charge on any atom is 0.410 e. The number of alkyl halides is 2. The minimum absolute atomic E-state index is 0.0622. The minimum atomic E-state index is -0.527. The molecule has 5 rings (SSSR count). The third-order valence-corrected chi connectivity index (χ3v) is 11.4. The first-order chi connectivity index (χ1) is 38.8. The van der Waals surface area contributed by atoms with Crippen molar-refractivity contribution in [1.29, 1.82) is 0 Å². The quantitative estimate of drug-likeness (QED) is 0.0676. The number of hydrogen-bond donors (Lipinski definition) is 4. The topological polar surface area (TPSA) is 293 Å². The van der Waals surface area contributed by atoms with Crippen LogP contribution >= 0.6 is 23.2 Å². The number of allylic oxidation sites excluding steroid dienone is 1. The van der Waals surface area contributed by atoms with Gasteiger partial charge < -0.3 is 88.5 Å². The summed E-state index contributed by atoms with van der Waals surface area (Å²) in [5.41, 5.74) is 5.52. The number of hydrogen-bond acceptors (Lipinski definition) is 19. The van der Waals surface area contributed by atoms with Crippen LogP contribution in [0.25, 0.3) is 0 Å². The number of halogens is 2. The number of ether oxygens (including phenoxy) is 9. The van der Waals surface area contributed by atoms with Crippen LogP contribution in [0.15, 0.2) is 29.5 Å². The molecule has 25 nitrogen and oxygen atoms in total. The Morgan fingerprint density at radius 3 is 1.46 bits per heavy atom. The molecule has 5 fully saturated rings. The third kappa shape index (κ3) is 40.4. The van der Waals surface area contributed by atoms with E-state index in [1.807, 2.05) is 67.2 Å². The van der Waals surface area contributed by atoms with E-state index in [0.717, 1.165) is 30.5 Å². The first-order valence-corrected chi connectivity index (χ1v) is 29.4. The predicted octanol–water partition coefficient (Wildman–Crippen LogP) is 7.63. The Kier molecular flexibility index (Phi) is 37.4. The van der Waals surface area contributed by atoms with Crippen LogP contribution < -0.4 is 11.1 Å². The Labute approximate surface area is 510 Å². The van der Waals surface area contributed by atoms with E-state index in [1.165, 1.54) is 4.90 Å². The van der Waals surface area contributed by atoms with Gasteiger partial charge in [0.25, 0.3) is 0 Å². The SMILES string of the molecule is C=C(CCl)CCl.C=C1COCCN(C(=O)OC(C)(C)C)C1.CC(C)(C)OC(=O)N1CCOC/C(=N\O)C1.CC(C)(C)OC(=O)N1CCOCC(N)C1.CC(C)(C)OC(=O)N1CCOCC(N2CCCCC2=O)C1.CC(C)(C)OC(=O)NCCO. The predicted molar refractivity (Wildman–Crippen MR) is 322 cm³/mol. The van der Waals surface area contributed by atoms with Crippen LogP contribution in [-0.2, 0) is 47.4 Å². The smallest absolute Gasteiger partial charge is 0.410 e. The second-order valence-corrected chi connectivity index (χ2v) is 25.5. The summed E-state index contributed by atoms with van der Waals surface area (Å²) >= 11 is 10.5. The lowest BCUT2D eigenvalue weighted by Crippen LogP contribution is -2.51. The van der Waals surface area contributed by atoms with Crippen molar-refractivity contribution in [3.63, 3.8) is 0 Å². The van der Waals surface area contributed by atoms with E-state index in [-0.39, 0.29) is 62.6 Å². The number of aliphatic hydroxyl groups excluding tert-OH is 1. The lowest BCUT2D eigenvalue weighted by molar-refractivity contribution is -0.137. The minimum Gasteiger partial charge on any atom is -0.444 e. The first-order valence-electron chi connectivity index (χ1n) is 28.3. The molecule has 6 amide bonds. The van der Waals surface area contributed by atoms with E-state index in [0.29, 0.717) is 116 Å². The summed E-state index contributed by atoms with van der Waals surface area (Å²) in [7, 11) is 0. The molecular weight excluding hydrogens is 1140 g/mol. The number of aliphatic hydroxyl groups is 1. The van der Waals surface area contributed by atoms with Crippen LogP contribution in [0.3, 0.4) is 0 Å². The number of amides is 6. The molecule has 84 heavy (non-hydrogen) atoms. The van der Waals surface area contributed by atoms with Gasteiger partial charge >= 0.3 is 30.5 Å². The molecule has 0 aromatic carbocycles. The number of carbonyl (C=O) groups excluding carboxylic acids is 6. The highest BCUT2D eigenvalue weighted by Gasteiger charge is 2.33. The molecule has 5 N–H and O–H groups in total. The molecule has 0 spiro atoms. The highest BCUT2D eigenvalue weighted by molar-refractivity contribution is 6.23. The summed E-state index contributed by atoms with van der Waals surface area (Å²) < 4.78 is 47.3. The number of likely N-dealkylation sites (tertiary alicyclic amines) is 1. The lowest BCUT2D eigenvalue weighted by atomic mass is 10.1. The van der Waals surface area contributed by atoms with Crippen molar-refractivity contribution in [2.45, 2.75) is 163 Å². The zero-order valence-corrected chi connectivity index (χ0v) is 54.6. The number of piperidine rings is 1. The molecule has 0 aromatic rings. The summed E-state index contributed by atoms with van der Waals surface area (Å²) in [5, 5.41) is 22.5. The van der Waals surface area contributed by atoms with Crippen molar-refractivity contribution < 1.29 is 81.7 Å². The number of oxime groups is 1. The summed E-state index contributed by atoms with van der Waals surface area (Å²) in [6.45, 7) is 43.2. The van der Waals surface area contributed by atoms with Crippen molar-refractivity contribution in [3.8, 4) is 0 Å². The highest BCUT2D eigenvalue weighted by Crippen LogP contribution is 2.19. The number of carbonyl (C=O) groups is 6. The van der Waals surface area contributed by atoms with Crippen molar-refractivity contribution >= 4 is 65.3 Å². The number of nitrogens with two attached hydrogens (primary N) is 1. The second-order valence-electron chi connectivity index (χ2n) is 25.0. The van der Waals surface area contributed by atoms with Gasteiger partial charge in [-0.15, -0.1) is 23.2 Å². The molecule has 0 aromatic heterocycles. The van der Waals surface area contributed by atoms with Crippen LogP contribution in [-0.4, -0.2) is 254 Å². The summed E-state index contributed by atoms with van der Waals surface area (Å²) in [4.78, 5) is 78.4. The molecule has 0 radical (unpaired) electrons. The largest absolute Gasteiger partial charge is 0.444 e. The van der Waals surface area contributed by atoms with Crippen molar-refractivity contribution in [2.75, 3.05) is 137 Å². The van der Waals surface area contributed by atoms with Crippen molar-refractivity contribution in [2.24, 2.45) is 10.9 Å². The van der Waals surface area contributed by atoms with Gasteiger partial charge in [-0.25, -0.2) is 24.0 Å². The number of nitrogens with one attached hydrogen (secondary N) is 1. The van der Waals surface area contributed by atoms with Gasteiger partial charge in [0.15, 0.2) is 0 Å². The van der Waals surface area contributed by atoms with Gasteiger partial charge in [-0.05, 0) is 128 Å². The maximum atomic E-state index is 12.2. The Hall–Kier alpha value is -4.89. The highest BCUT2D eigenvalue weighted by atomic mass is 35.5. The number of alkyl carbamates (subject to hydrolysis) is 1. The third-order valence-electron chi connectivity index (χ3n) is 10.6. The summed E-state index contributed by atoms with van der Waals surface area (Å²) in [5.74, 6) is 1.12. The molecule has 0 saturated carbocycles. The van der Waals surface area contributed by atoms with Crippen LogP contribution in [0.4, 0.5) is 24.0 Å². The molecule has 2 unspecified atom stereocenters. The van der Waals surface area contributed by atoms with E-state index in [9.17, 15) is 28.8 Å². The van der Waals surface area contributed by atoms with E-state index < -0.39 is 40.2 Å². The molecule has 0 bridgehead atoms. The second kappa shape index (κ2) is 39.7. The van der Waals surface area contributed by atoms with Crippen LogP contribution in [0.5, 0.6) is 0 Å². The molecule has 27 heteroatoms. The molecule has 0 aliphatic carbocycles. The van der Waals surface area contributed by atoms with Gasteiger partial charge in [-0.2, -0.15) is 0 Å². The van der Waals surface area contributed by atoms with Gasteiger partial charge in [0.1, 0.15) is 33.7 Å². The normalized spacial score (nSPS) is 19.7. The zero-order chi connectivity index (χ0) is 64.5. The molecule has 2 atom stereocenters.